The smallest absolute Gasteiger partial charge is 0.0419 e. The summed E-state index contributed by atoms with van der Waals surface area (Å²) in [7, 11) is 0. The average molecular weight is 322 g/mol. The molecule has 2 aliphatic rings. The monoisotopic (exact) mass is 321 g/mol. The fourth-order valence-corrected chi connectivity index (χ4v) is 4.27. The Balaban J connectivity index is 1.61. The van der Waals surface area contributed by atoms with Gasteiger partial charge in [-0.3, -0.25) is 5.84 Å². The molecule has 0 amide bonds. The van der Waals surface area contributed by atoms with Crippen LogP contribution in [0.5, 0.6) is 0 Å². The van der Waals surface area contributed by atoms with Gasteiger partial charge >= 0.3 is 0 Å². The molecule has 23 heavy (non-hydrogen) atoms. The molecule has 2 fully saturated rings. The van der Waals surface area contributed by atoms with Crippen LogP contribution in [0.4, 0.5) is 0 Å². The lowest BCUT2D eigenvalue weighted by atomic mass is 9.89. The van der Waals surface area contributed by atoms with E-state index in [1.807, 2.05) is 0 Å². The van der Waals surface area contributed by atoms with E-state index in [0.29, 0.717) is 6.04 Å². The van der Waals surface area contributed by atoms with Crippen LogP contribution in [0.15, 0.2) is 12.2 Å². The maximum atomic E-state index is 6.35. The van der Waals surface area contributed by atoms with Crippen LogP contribution in [0.25, 0.3) is 0 Å². The molecule has 0 aliphatic heterocycles. The number of hydrogen-bond donors (Lipinski definition) is 2. The van der Waals surface area contributed by atoms with Crippen molar-refractivity contribution in [2.45, 2.75) is 83.6 Å². The molecular formula is C20H39N3. The van der Waals surface area contributed by atoms with Crippen LogP contribution >= 0.6 is 0 Å². The summed E-state index contributed by atoms with van der Waals surface area (Å²) < 4.78 is 0. The van der Waals surface area contributed by atoms with E-state index in [1.165, 1.54) is 70.8 Å². The number of nitrogens with one attached hydrogen (secondary N) is 1. The van der Waals surface area contributed by atoms with Gasteiger partial charge < -0.3 is 5.32 Å². The Bertz CT molecular complexity index is 317. The van der Waals surface area contributed by atoms with E-state index >= 15 is 0 Å². The highest BCUT2D eigenvalue weighted by Gasteiger charge is 2.18. The van der Waals surface area contributed by atoms with Gasteiger partial charge in [0.25, 0.3) is 0 Å². The van der Waals surface area contributed by atoms with Crippen molar-refractivity contribution in [3.05, 3.63) is 12.2 Å². The Morgan fingerprint density at radius 3 is 2.22 bits per heavy atom. The van der Waals surface area contributed by atoms with E-state index < -0.39 is 0 Å². The Kier molecular flexibility index (Phi) is 9.25. The summed E-state index contributed by atoms with van der Waals surface area (Å²) in [5, 5.41) is 5.70. The Morgan fingerprint density at radius 2 is 1.61 bits per heavy atom. The zero-order valence-electron chi connectivity index (χ0n) is 15.3. The largest absolute Gasteiger partial charge is 0.313 e. The van der Waals surface area contributed by atoms with Crippen LogP contribution in [-0.2, 0) is 0 Å². The van der Waals surface area contributed by atoms with Crippen LogP contribution in [0, 0.1) is 11.8 Å². The van der Waals surface area contributed by atoms with Crippen LogP contribution in [0.2, 0.25) is 0 Å². The molecule has 1 atom stereocenters. The molecule has 0 saturated heterocycles. The van der Waals surface area contributed by atoms with Gasteiger partial charge in [-0.05, 0) is 50.5 Å². The van der Waals surface area contributed by atoms with Crippen LogP contribution in [0.3, 0.4) is 0 Å². The lowest BCUT2D eigenvalue weighted by Crippen LogP contribution is -2.43. The molecular weight excluding hydrogens is 282 g/mol. The number of hydrogen-bond acceptors (Lipinski definition) is 3. The van der Waals surface area contributed by atoms with Gasteiger partial charge in [-0.1, -0.05) is 57.6 Å². The van der Waals surface area contributed by atoms with Gasteiger partial charge in [-0.25, -0.2) is 5.01 Å². The third-order valence-corrected chi connectivity index (χ3v) is 5.82. The predicted molar refractivity (Wildman–Crippen MR) is 100 cm³/mol. The quantitative estimate of drug-likeness (QED) is 0.289. The lowest BCUT2D eigenvalue weighted by molar-refractivity contribution is 0.170. The minimum absolute atomic E-state index is 0.397. The van der Waals surface area contributed by atoms with Gasteiger partial charge in [-0.15, -0.1) is 0 Å². The maximum absolute atomic E-state index is 6.35. The minimum atomic E-state index is 0.397. The topological polar surface area (TPSA) is 41.3 Å². The first-order valence-corrected chi connectivity index (χ1v) is 10.2. The molecule has 0 spiro atoms. The second-order valence-corrected chi connectivity index (χ2v) is 7.77. The zero-order valence-corrected chi connectivity index (χ0v) is 15.3. The van der Waals surface area contributed by atoms with Crippen molar-refractivity contribution in [1.82, 2.24) is 10.3 Å². The lowest BCUT2D eigenvalue weighted by Gasteiger charge is -2.30. The maximum Gasteiger partial charge on any atom is 0.0419 e. The molecule has 0 aromatic rings. The fourth-order valence-electron chi connectivity index (χ4n) is 4.27. The van der Waals surface area contributed by atoms with Crippen molar-refractivity contribution in [2.75, 3.05) is 19.6 Å². The van der Waals surface area contributed by atoms with Crippen LogP contribution in [-0.4, -0.2) is 30.7 Å². The predicted octanol–water partition coefficient (Wildman–Crippen LogP) is 4.25. The van der Waals surface area contributed by atoms with E-state index in [4.69, 9.17) is 5.84 Å². The molecule has 134 valence electrons. The standard InChI is InChI=1S/C20H39N3/c1-2-20(23(21)17-19-12-7-4-8-13-19)14-9-15-22-16-18-10-5-3-6-11-18/h9,14,18-20,22H,2-8,10-13,15-17,21H2,1H3/b14-9-. The number of nitrogens with zero attached hydrogens (tertiary/aromatic N) is 1. The van der Waals surface area contributed by atoms with Gasteiger partial charge in [0.1, 0.15) is 0 Å². The molecule has 3 heteroatoms. The molecule has 3 N–H and O–H groups in total. The van der Waals surface area contributed by atoms with Gasteiger partial charge in [0.05, 0.1) is 0 Å². The zero-order chi connectivity index (χ0) is 16.3. The molecule has 0 aromatic heterocycles. The summed E-state index contributed by atoms with van der Waals surface area (Å²) in [6, 6.07) is 0.397. The molecule has 1 unspecified atom stereocenters. The first-order chi connectivity index (χ1) is 11.3. The highest BCUT2D eigenvalue weighted by molar-refractivity contribution is 4.94. The van der Waals surface area contributed by atoms with E-state index in [-0.39, 0.29) is 0 Å². The molecule has 2 rings (SSSR count). The normalized spacial score (nSPS) is 22.9. The first kappa shape index (κ1) is 19.0. The second-order valence-electron chi connectivity index (χ2n) is 7.77. The van der Waals surface area contributed by atoms with E-state index in [2.05, 4.69) is 29.4 Å². The molecule has 0 aromatic carbocycles. The Hall–Kier alpha value is -0.380. The Morgan fingerprint density at radius 1 is 1.00 bits per heavy atom. The van der Waals surface area contributed by atoms with Crippen LogP contribution in [0.1, 0.15) is 77.6 Å². The molecule has 0 bridgehead atoms. The molecule has 3 nitrogen and oxygen atoms in total. The number of hydrazine groups is 1. The van der Waals surface area contributed by atoms with Crippen molar-refractivity contribution in [1.29, 1.82) is 0 Å². The summed E-state index contributed by atoms with van der Waals surface area (Å²) >= 11 is 0. The van der Waals surface area contributed by atoms with Gasteiger partial charge in [0, 0.05) is 19.1 Å². The highest BCUT2D eigenvalue weighted by Crippen LogP contribution is 2.24. The van der Waals surface area contributed by atoms with Crippen LogP contribution < -0.4 is 11.2 Å². The van der Waals surface area contributed by atoms with E-state index in [1.54, 1.807) is 0 Å². The minimum Gasteiger partial charge on any atom is -0.313 e. The van der Waals surface area contributed by atoms with Crippen molar-refractivity contribution < 1.29 is 0 Å². The number of rotatable bonds is 9. The van der Waals surface area contributed by atoms with Crippen molar-refractivity contribution >= 4 is 0 Å². The van der Waals surface area contributed by atoms with E-state index in [0.717, 1.165) is 31.3 Å². The molecule has 2 saturated carbocycles. The van der Waals surface area contributed by atoms with Gasteiger partial charge in [0.2, 0.25) is 0 Å². The summed E-state index contributed by atoms with van der Waals surface area (Å²) in [6.07, 6.45) is 19.8. The summed E-state index contributed by atoms with van der Waals surface area (Å²) in [5.41, 5.74) is 0. The summed E-state index contributed by atoms with van der Waals surface area (Å²) in [5.74, 6) is 8.09. The van der Waals surface area contributed by atoms with Crippen molar-refractivity contribution in [3.8, 4) is 0 Å². The molecule has 0 heterocycles. The fraction of sp³-hybridized carbons (Fsp3) is 0.900. The Labute approximate surface area is 144 Å². The number of nitrogens with two attached hydrogens (primary N) is 1. The van der Waals surface area contributed by atoms with Gasteiger partial charge in [0.15, 0.2) is 0 Å². The van der Waals surface area contributed by atoms with Gasteiger partial charge in [-0.2, -0.15) is 0 Å². The van der Waals surface area contributed by atoms with E-state index in [9.17, 15) is 0 Å². The van der Waals surface area contributed by atoms with Crippen molar-refractivity contribution in [2.24, 2.45) is 17.7 Å². The highest BCUT2D eigenvalue weighted by atomic mass is 15.4. The SMILES string of the molecule is CCC(/C=C\CNCC1CCCCC1)N(N)CC1CCCCC1. The second kappa shape index (κ2) is 11.2. The first-order valence-electron chi connectivity index (χ1n) is 10.2. The molecule has 0 radical (unpaired) electrons. The third-order valence-electron chi connectivity index (χ3n) is 5.82. The summed E-state index contributed by atoms with van der Waals surface area (Å²) in [6.45, 7) is 5.49. The van der Waals surface area contributed by atoms with Crippen molar-refractivity contribution in [3.63, 3.8) is 0 Å². The summed E-state index contributed by atoms with van der Waals surface area (Å²) in [4.78, 5) is 0. The third kappa shape index (κ3) is 7.36. The average Bonchev–Trinajstić information content (AvgIpc) is 2.60. The molecule has 2 aliphatic carbocycles.